The number of nitrogens with one attached hydrogen (secondary N) is 2. The fourth-order valence-electron chi connectivity index (χ4n) is 2.20. The molecule has 1 amide bonds. The number of halogens is 3. The number of rotatable bonds is 5. The highest BCUT2D eigenvalue weighted by Gasteiger charge is 2.31. The minimum atomic E-state index is -4.41. The molecule has 24 heavy (non-hydrogen) atoms. The van der Waals surface area contributed by atoms with Crippen LogP contribution < -0.4 is 10.6 Å². The number of carbonyl (C=O) groups is 1. The lowest BCUT2D eigenvalue weighted by Gasteiger charge is -2.22. The van der Waals surface area contributed by atoms with E-state index in [-0.39, 0.29) is 12.6 Å². The van der Waals surface area contributed by atoms with Gasteiger partial charge in [-0.1, -0.05) is 24.3 Å². The van der Waals surface area contributed by atoms with Gasteiger partial charge in [-0.15, -0.1) is 0 Å². The average Bonchev–Trinajstić information content (AvgIpc) is 2.49. The highest BCUT2D eigenvalue weighted by atomic mass is 19.4. The van der Waals surface area contributed by atoms with E-state index in [1.807, 2.05) is 38.1 Å². The first-order valence-electron chi connectivity index (χ1n) is 7.47. The molecule has 0 aliphatic heterocycles. The molecule has 0 radical (unpaired) electrons. The van der Waals surface area contributed by atoms with Gasteiger partial charge in [0.15, 0.2) is 5.96 Å². The number of hydrogen-bond acceptors (Lipinski definition) is 2. The van der Waals surface area contributed by atoms with Crippen molar-refractivity contribution in [2.24, 2.45) is 4.99 Å². The largest absolute Gasteiger partial charge is 0.406 e. The smallest absolute Gasteiger partial charge is 0.350 e. The van der Waals surface area contributed by atoms with Gasteiger partial charge >= 0.3 is 6.18 Å². The fourth-order valence-corrected chi connectivity index (χ4v) is 2.20. The molecule has 1 atom stereocenters. The van der Waals surface area contributed by atoms with E-state index in [1.165, 1.54) is 7.05 Å². The molecule has 1 aromatic rings. The van der Waals surface area contributed by atoms with Crippen molar-refractivity contribution in [2.75, 3.05) is 27.2 Å². The molecule has 0 heterocycles. The van der Waals surface area contributed by atoms with Crippen molar-refractivity contribution >= 4 is 11.9 Å². The molecule has 0 aromatic heterocycles. The van der Waals surface area contributed by atoms with Gasteiger partial charge in [-0.05, 0) is 25.0 Å². The van der Waals surface area contributed by atoms with Crippen LogP contribution in [0.15, 0.2) is 29.3 Å². The van der Waals surface area contributed by atoms with Crippen LogP contribution >= 0.6 is 0 Å². The van der Waals surface area contributed by atoms with Gasteiger partial charge in [-0.3, -0.25) is 9.79 Å². The molecular weight excluding hydrogens is 321 g/mol. The maximum Gasteiger partial charge on any atom is 0.406 e. The summed E-state index contributed by atoms with van der Waals surface area (Å²) in [7, 11) is 2.65. The van der Waals surface area contributed by atoms with E-state index in [2.05, 4.69) is 15.6 Å². The van der Waals surface area contributed by atoms with Crippen molar-refractivity contribution in [3.8, 4) is 0 Å². The summed E-state index contributed by atoms with van der Waals surface area (Å²) in [6.07, 6.45) is -4.41. The molecule has 1 unspecified atom stereocenters. The predicted molar refractivity (Wildman–Crippen MR) is 87.8 cm³/mol. The number of aliphatic imine (C=N–C) groups is 1. The first-order chi connectivity index (χ1) is 11.1. The average molecular weight is 344 g/mol. The van der Waals surface area contributed by atoms with Gasteiger partial charge in [0.05, 0.1) is 12.6 Å². The van der Waals surface area contributed by atoms with E-state index < -0.39 is 18.6 Å². The summed E-state index contributed by atoms with van der Waals surface area (Å²) in [4.78, 5) is 16.4. The number of benzene rings is 1. The third-order valence-electron chi connectivity index (χ3n) is 3.48. The summed E-state index contributed by atoms with van der Waals surface area (Å²) in [5, 5.41) is 5.85. The van der Waals surface area contributed by atoms with Crippen LogP contribution in [0, 0.1) is 6.92 Å². The lowest BCUT2D eigenvalue weighted by atomic mass is 10.0. The van der Waals surface area contributed by atoms with Gasteiger partial charge in [0, 0.05) is 14.1 Å². The quantitative estimate of drug-likeness (QED) is 0.636. The molecule has 5 nitrogen and oxygen atoms in total. The maximum atomic E-state index is 12.3. The Kier molecular flexibility index (Phi) is 7.06. The normalized spacial score (nSPS) is 13.4. The lowest BCUT2D eigenvalue weighted by molar-refractivity contribution is -0.157. The van der Waals surface area contributed by atoms with Gasteiger partial charge in [0.25, 0.3) is 0 Å². The Morgan fingerprint density at radius 2 is 1.96 bits per heavy atom. The van der Waals surface area contributed by atoms with Crippen molar-refractivity contribution in [1.82, 2.24) is 15.5 Å². The molecule has 2 N–H and O–H groups in total. The molecular formula is C16H23F3N4O. The number of nitrogens with zero attached hydrogens (tertiary/aromatic N) is 2. The Labute approximate surface area is 139 Å². The molecule has 0 aliphatic rings. The van der Waals surface area contributed by atoms with E-state index in [0.717, 1.165) is 18.2 Å². The predicted octanol–water partition coefficient (Wildman–Crippen LogP) is 2.24. The molecule has 1 aromatic carbocycles. The van der Waals surface area contributed by atoms with Crippen LogP contribution in [0.5, 0.6) is 0 Å². The molecule has 134 valence electrons. The van der Waals surface area contributed by atoms with Gasteiger partial charge in [-0.25, -0.2) is 0 Å². The van der Waals surface area contributed by atoms with Crippen molar-refractivity contribution in [3.63, 3.8) is 0 Å². The van der Waals surface area contributed by atoms with Crippen LogP contribution in [0.1, 0.15) is 24.1 Å². The Morgan fingerprint density at radius 3 is 2.50 bits per heavy atom. The molecule has 0 saturated heterocycles. The summed E-state index contributed by atoms with van der Waals surface area (Å²) >= 11 is 0. The Morgan fingerprint density at radius 1 is 1.33 bits per heavy atom. The summed E-state index contributed by atoms with van der Waals surface area (Å²) < 4.78 is 36.8. The van der Waals surface area contributed by atoms with Crippen LogP contribution in [0.3, 0.4) is 0 Å². The summed E-state index contributed by atoms with van der Waals surface area (Å²) in [5.41, 5.74) is 2.18. The Hall–Kier alpha value is -2.25. The first kappa shape index (κ1) is 19.8. The monoisotopic (exact) mass is 344 g/mol. The third kappa shape index (κ3) is 6.47. The molecule has 1 rings (SSSR count). The topological polar surface area (TPSA) is 56.7 Å². The minimum Gasteiger partial charge on any atom is -0.350 e. The molecule has 0 saturated carbocycles. The zero-order valence-electron chi connectivity index (χ0n) is 14.2. The second-order valence-corrected chi connectivity index (χ2v) is 5.51. The summed E-state index contributed by atoms with van der Waals surface area (Å²) in [5.74, 6) is -0.321. The van der Waals surface area contributed by atoms with E-state index in [9.17, 15) is 18.0 Å². The molecule has 0 aliphatic carbocycles. The van der Waals surface area contributed by atoms with E-state index in [4.69, 9.17) is 0 Å². The van der Waals surface area contributed by atoms with Crippen LogP contribution in [-0.4, -0.2) is 50.1 Å². The van der Waals surface area contributed by atoms with Gasteiger partial charge in [0.1, 0.15) is 6.54 Å². The number of guanidine groups is 1. The number of amides is 1. The number of hydrogen-bond donors (Lipinski definition) is 2. The molecule has 0 bridgehead atoms. The fraction of sp³-hybridized carbons (Fsp3) is 0.500. The number of aryl methyl sites for hydroxylation is 1. The number of carbonyl (C=O) groups excluding carboxylic acids is 1. The van der Waals surface area contributed by atoms with Gasteiger partial charge < -0.3 is 15.5 Å². The summed E-state index contributed by atoms with van der Waals surface area (Å²) in [6, 6.07) is 7.75. The van der Waals surface area contributed by atoms with Crippen molar-refractivity contribution in [3.05, 3.63) is 35.4 Å². The standard InChI is InChI=1S/C16H23F3N4O/c1-11-7-5-6-8-13(11)12(2)22-15(20-3)21-9-14(24)23(4)10-16(17,18)19/h5-8,12H,9-10H2,1-4H3,(H2,20,21,22). The van der Waals surface area contributed by atoms with Crippen LogP contribution in [0.25, 0.3) is 0 Å². The molecule has 0 spiro atoms. The third-order valence-corrected chi connectivity index (χ3v) is 3.48. The van der Waals surface area contributed by atoms with Crippen LogP contribution in [0.2, 0.25) is 0 Å². The highest BCUT2D eigenvalue weighted by Crippen LogP contribution is 2.16. The zero-order valence-corrected chi connectivity index (χ0v) is 14.2. The van der Waals surface area contributed by atoms with Crippen LogP contribution in [-0.2, 0) is 4.79 Å². The number of likely N-dealkylation sites (N-methyl/N-ethyl adjacent to an activating group) is 1. The Bertz CT molecular complexity index is 587. The lowest BCUT2D eigenvalue weighted by Crippen LogP contribution is -2.46. The zero-order chi connectivity index (χ0) is 18.3. The van der Waals surface area contributed by atoms with Gasteiger partial charge in [0.2, 0.25) is 5.91 Å². The Balaban J connectivity index is 2.57. The van der Waals surface area contributed by atoms with Crippen LogP contribution in [0.4, 0.5) is 13.2 Å². The van der Waals surface area contributed by atoms with Crippen molar-refractivity contribution < 1.29 is 18.0 Å². The van der Waals surface area contributed by atoms with Crippen molar-refractivity contribution in [1.29, 1.82) is 0 Å². The maximum absolute atomic E-state index is 12.3. The molecule has 0 fully saturated rings. The van der Waals surface area contributed by atoms with E-state index in [1.54, 1.807) is 0 Å². The van der Waals surface area contributed by atoms with Crippen molar-refractivity contribution in [2.45, 2.75) is 26.1 Å². The number of alkyl halides is 3. The SMILES string of the molecule is CN=C(NCC(=O)N(C)CC(F)(F)F)NC(C)c1ccccc1C. The molecule has 8 heteroatoms. The highest BCUT2D eigenvalue weighted by molar-refractivity contribution is 5.86. The first-order valence-corrected chi connectivity index (χ1v) is 7.47. The second kappa shape index (κ2) is 8.56. The van der Waals surface area contributed by atoms with E-state index >= 15 is 0 Å². The van der Waals surface area contributed by atoms with Gasteiger partial charge in [-0.2, -0.15) is 13.2 Å². The summed E-state index contributed by atoms with van der Waals surface area (Å²) in [6.45, 7) is 2.37. The second-order valence-electron chi connectivity index (χ2n) is 5.51. The minimum absolute atomic E-state index is 0.0691. The van der Waals surface area contributed by atoms with E-state index in [0.29, 0.717) is 10.9 Å².